The van der Waals surface area contributed by atoms with Crippen molar-refractivity contribution in [2.75, 3.05) is 18.1 Å². The molecular formula is C13H17NO4S. The standard InChI is InChI=1S/C13H17NO4S/c15-13(16)12(11-4-2-1-3-5-11)14-8-10-6-7-19(17,18)9-10/h1-5,10,12,14H,6-9H2,(H,15,16). The van der Waals surface area contributed by atoms with Gasteiger partial charge in [0.1, 0.15) is 6.04 Å². The molecule has 2 unspecified atom stereocenters. The first-order valence-electron chi connectivity index (χ1n) is 6.19. The van der Waals surface area contributed by atoms with E-state index in [1.54, 1.807) is 24.3 Å². The maximum atomic E-state index is 11.3. The van der Waals surface area contributed by atoms with E-state index in [9.17, 15) is 18.3 Å². The summed E-state index contributed by atoms with van der Waals surface area (Å²) in [4.78, 5) is 11.3. The molecule has 0 saturated carbocycles. The Morgan fingerprint density at radius 3 is 2.58 bits per heavy atom. The van der Waals surface area contributed by atoms with Crippen LogP contribution >= 0.6 is 0 Å². The van der Waals surface area contributed by atoms with E-state index in [2.05, 4.69) is 5.32 Å². The van der Waals surface area contributed by atoms with Gasteiger partial charge < -0.3 is 10.4 Å². The van der Waals surface area contributed by atoms with Gasteiger partial charge in [-0.1, -0.05) is 30.3 Å². The van der Waals surface area contributed by atoms with Crippen LogP contribution in [0.4, 0.5) is 0 Å². The van der Waals surface area contributed by atoms with Crippen molar-refractivity contribution < 1.29 is 18.3 Å². The molecule has 19 heavy (non-hydrogen) atoms. The Morgan fingerprint density at radius 2 is 2.05 bits per heavy atom. The van der Waals surface area contributed by atoms with E-state index in [1.807, 2.05) is 6.07 Å². The second-order valence-electron chi connectivity index (χ2n) is 4.86. The number of aliphatic carboxylic acids is 1. The Balaban J connectivity index is 1.98. The summed E-state index contributed by atoms with van der Waals surface area (Å²) in [7, 11) is -2.92. The Kier molecular flexibility index (Phi) is 4.21. The van der Waals surface area contributed by atoms with Gasteiger partial charge >= 0.3 is 5.97 Å². The molecule has 1 aromatic carbocycles. The normalized spacial score (nSPS) is 23.1. The minimum absolute atomic E-state index is 0.00978. The zero-order chi connectivity index (χ0) is 13.9. The number of hydrogen-bond acceptors (Lipinski definition) is 4. The molecule has 0 aromatic heterocycles. The zero-order valence-corrected chi connectivity index (χ0v) is 11.3. The van der Waals surface area contributed by atoms with Crippen molar-refractivity contribution in [1.82, 2.24) is 5.32 Å². The van der Waals surface area contributed by atoms with Crippen molar-refractivity contribution in [3.05, 3.63) is 35.9 Å². The van der Waals surface area contributed by atoms with E-state index in [0.29, 0.717) is 18.5 Å². The quantitative estimate of drug-likeness (QED) is 0.836. The van der Waals surface area contributed by atoms with Crippen LogP contribution in [0.1, 0.15) is 18.0 Å². The maximum Gasteiger partial charge on any atom is 0.325 e. The zero-order valence-electron chi connectivity index (χ0n) is 10.5. The van der Waals surface area contributed by atoms with Gasteiger partial charge in [-0.3, -0.25) is 4.79 Å². The Labute approximate surface area is 112 Å². The highest BCUT2D eigenvalue weighted by Gasteiger charge is 2.29. The average molecular weight is 283 g/mol. The molecule has 0 radical (unpaired) electrons. The van der Waals surface area contributed by atoms with Crippen LogP contribution in [-0.2, 0) is 14.6 Å². The molecule has 6 heteroatoms. The van der Waals surface area contributed by atoms with Crippen LogP contribution < -0.4 is 5.32 Å². The van der Waals surface area contributed by atoms with Crippen LogP contribution in [0.15, 0.2) is 30.3 Å². The SMILES string of the molecule is O=C(O)C(NCC1CCS(=O)(=O)C1)c1ccccc1. The lowest BCUT2D eigenvalue weighted by molar-refractivity contribution is -0.139. The molecule has 1 fully saturated rings. The molecule has 5 nitrogen and oxygen atoms in total. The van der Waals surface area contributed by atoms with E-state index >= 15 is 0 Å². The first kappa shape index (κ1) is 14.0. The highest BCUT2D eigenvalue weighted by Crippen LogP contribution is 2.19. The van der Waals surface area contributed by atoms with E-state index in [0.717, 1.165) is 0 Å². The van der Waals surface area contributed by atoms with E-state index < -0.39 is 21.8 Å². The molecular weight excluding hydrogens is 266 g/mol. The monoisotopic (exact) mass is 283 g/mol. The van der Waals surface area contributed by atoms with Gasteiger partial charge in [0.05, 0.1) is 11.5 Å². The second kappa shape index (κ2) is 5.71. The number of carboxylic acid groups (broad SMARTS) is 1. The van der Waals surface area contributed by atoms with Crippen LogP contribution in [0.2, 0.25) is 0 Å². The minimum Gasteiger partial charge on any atom is -0.480 e. The van der Waals surface area contributed by atoms with Crippen LogP contribution in [-0.4, -0.2) is 37.5 Å². The topological polar surface area (TPSA) is 83.5 Å². The molecule has 0 bridgehead atoms. The summed E-state index contributed by atoms with van der Waals surface area (Å²) in [5.41, 5.74) is 0.677. The number of sulfone groups is 1. The minimum atomic E-state index is -2.92. The van der Waals surface area contributed by atoms with Crippen molar-refractivity contribution >= 4 is 15.8 Å². The van der Waals surface area contributed by atoms with E-state index in [1.165, 1.54) is 0 Å². The summed E-state index contributed by atoms with van der Waals surface area (Å²) in [5.74, 6) is -0.577. The van der Waals surface area contributed by atoms with Gasteiger partial charge in [-0.15, -0.1) is 0 Å². The number of carboxylic acids is 1. The molecule has 1 heterocycles. The van der Waals surface area contributed by atoms with Crippen molar-refractivity contribution in [3.8, 4) is 0 Å². The van der Waals surface area contributed by atoms with Crippen LogP contribution in [0.25, 0.3) is 0 Å². The molecule has 2 N–H and O–H groups in total. The highest BCUT2D eigenvalue weighted by atomic mass is 32.2. The molecule has 2 atom stereocenters. The molecule has 2 rings (SSSR count). The average Bonchev–Trinajstić information content (AvgIpc) is 2.70. The molecule has 1 aliphatic heterocycles. The molecule has 1 aromatic rings. The third-order valence-electron chi connectivity index (χ3n) is 3.32. The lowest BCUT2D eigenvalue weighted by Gasteiger charge is -2.17. The van der Waals surface area contributed by atoms with Gasteiger partial charge in [-0.2, -0.15) is 0 Å². The summed E-state index contributed by atoms with van der Waals surface area (Å²) in [6.07, 6.45) is 0.608. The van der Waals surface area contributed by atoms with Gasteiger partial charge in [0.2, 0.25) is 0 Å². The Morgan fingerprint density at radius 1 is 1.37 bits per heavy atom. The van der Waals surface area contributed by atoms with Crippen molar-refractivity contribution in [2.45, 2.75) is 12.5 Å². The molecule has 0 aliphatic carbocycles. The fourth-order valence-electron chi connectivity index (χ4n) is 2.31. The molecule has 104 valence electrons. The number of benzene rings is 1. The first-order chi connectivity index (χ1) is 8.98. The second-order valence-corrected chi connectivity index (χ2v) is 7.09. The molecule has 1 saturated heterocycles. The van der Waals surface area contributed by atoms with Crippen LogP contribution in [0, 0.1) is 5.92 Å². The summed E-state index contributed by atoms with van der Waals surface area (Å²) >= 11 is 0. The van der Waals surface area contributed by atoms with Gasteiger partial charge in [-0.05, 0) is 17.9 Å². The number of hydrogen-bond donors (Lipinski definition) is 2. The smallest absolute Gasteiger partial charge is 0.325 e. The summed E-state index contributed by atoms with van der Waals surface area (Å²) < 4.78 is 22.7. The number of rotatable bonds is 5. The molecule has 0 amide bonds. The first-order valence-corrected chi connectivity index (χ1v) is 8.01. The summed E-state index contributed by atoms with van der Waals surface area (Å²) in [5, 5.41) is 12.2. The summed E-state index contributed by atoms with van der Waals surface area (Å²) in [6.45, 7) is 0.408. The third kappa shape index (κ3) is 3.78. The van der Waals surface area contributed by atoms with Crippen molar-refractivity contribution in [1.29, 1.82) is 0 Å². The molecule has 1 aliphatic rings. The van der Waals surface area contributed by atoms with Crippen LogP contribution in [0.3, 0.4) is 0 Å². The van der Waals surface area contributed by atoms with Crippen molar-refractivity contribution in [3.63, 3.8) is 0 Å². The third-order valence-corrected chi connectivity index (χ3v) is 5.15. The van der Waals surface area contributed by atoms with Gasteiger partial charge in [-0.25, -0.2) is 8.42 Å². The van der Waals surface area contributed by atoms with Crippen molar-refractivity contribution in [2.24, 2.45) is 5.92 Å². The van der Waals surface area contributed by atoms with E-state index in [4.69, 9.17) is 0 Å². The number of nitrogens with one attached hydrogen (secondary N) is 1. The largest absolute Gasteiger partial charge is 0.480 e. The lowest BCUT2D eigenvalue weighted by atomic mass is 10.1. The fraction of sp³-hybridized carbons (Fsp3) is 0.462. The predicted molar refractivity (Wildman–Crippen MR) is 71.6 cm³/mol. The highest BCUT2D eigenvalue weighted by molar-refractivity contribution is 7.91. The summed E-state index contributed by atoms with van der Waals surface area (Å²) in [6, 6.07) is 8.10. The van der Waals surface area contributed by atoms with Gasteiger partial charge in [0.25, 0.3) is 0 Å². The van der Waals surface area contributed by atoms with Gasteiger partial charge in [0.15, 0.2) is 9.84 Å². The fourth-order valence-corrected chi connectivity index (χ4v) is 4.17. The lowest BCUT2D eigenvalue weighted by Crippen LogP contribution is -2.32. The number of carbonyl (C=O) groups is 1. The van der Waals surface area contributed by atoms with E-state index in [-0.39, 0.29) is 17.4 Å². The van der Waals surface area contributed by atoms with Crippen LogP contribution in [0.5, 0.6) is 0 Å². The van der Waals surface area contributed by atoms with Gasteiger partial charge in [0, 0.05) is 6.54 Å². The Hall–Kier alpha value is -1.40. The molecule has 0 spiro atoms. The maximum absolute atomic E-state index is 11.3. The predicted octanol–water partition coefficient (Wildman–Crippen LogP) is 0.837. The Bertz CT molecular complexity index is 541.